The molecule has 3 rings (SSSR count). The number of carboxylic acid groups (broad SMARTS) is 1. The van der Waals surface area contributed by atoms with Crippen molar-refractivity contribution in [1.82, 2.24) is 4.98 Å². The van der Waals surface area contributed by atoms with Crippen molar-refractivity contribution in [3.8, 4) is 0 Å². The summed E-state index contributed by atoms with van der Waals surface area (Å²) in [5.41, 5.74) is 10.3. The van der Waals surface area contributed by atoms with Crippen LogP contribution < -0.4 is 5.73 Å². The van der Waals surface area contributed by atoms with Gasteiger partial charge in [-0.25, -0.2) is 4.79 Å². The lowest BCUT2D eigenvalue weighted by molar-refractivity contribution is -0.140. The zero-order valence-electron chi connectivity index (χ0n) is 16.1. The molecule has 0 fully saturated rings. The third kappa shape index (κ3) is 4.63. The van der Waals surface area contributed by atoms with Crippen molar-refractivity contribution in [3.05, 3.63) is 70.6 Å². The van der Waals surface area contributed by atoms with Gasteiger partial charge in [-0.1, -0.05) is 36.4 Å². The average molecular weight is 393 g/mol. The Labute approximate surface area is 168 Å². The van der Waals surface area contributed by atoms with E-state index in [-0.39, 0.29) is 11.5 Å². The molecule has 0 unspecified atom stereocenters. The van der Waals surface area contributed by atoms with E-state index in [0.29, 0.717) is 29.7 Å². The van der Waals surface area contributed by atoms with Crippen LogP contribution in [-0.2, 0) is 27.2 Å². The first-order valence-electron chi connectivity index (χ1n) is 9.26. The molecule has 1 aliphatic carbocycles. The summed E-state index contributed by atoms with van der Waals surface area (Å²) >= 11 is 0. The molecule has 1 amide bonds. The summed E-state index contributed by atoms with van der Waals surface area (Å²) in [5, 5.41) is 16.8. The molecule has 0 saturated heterocycles. The smallest absolute Gasteiger partial charge is 0.341 e. The summed E-state index contributed by atoms with van der Waals surface area (Å²) in [7, 11) is 0. The highest BCUT2D eigenvalue weighted by Gasteiger charge is 2.28. The zero-order chi connectivity index (χ0) is 21.0. The molecule has 1 aromatic carbocycles. The number of fused-ring (bicyclic) bond motifs is 1. The third-order valence-corrected chi connectivity index (χ3v) is 4.64. The van der Waals surface area contributed by atoms with E-state index in [2.05, 4.69) is 4.98 Å². The number of aliphatic carboxylic acids is 1. The number of rotatable bonds is 8. The molecule has 0 saturated carbocycles. The first-order valence-corrected chi connectivity index (χ1v) is 9.26. The highest BCUT2D eigenvalue weighted by atomic mass is 16.5. The zero-order valence-corrected chi connectivity index (χ0v) is 16.1. The summed E-state index contributed by atoms with van der Waals surface area (Å²) in [6.45, 7) is 1.01. The number of ether oxygens (including phenoxy) is 1. The molecule has 29 heavy (non-hydrogen) atoms. The molecular formula is C22H23N3O4. The number of hydrogen-bond acceptors (Lipinski definition) is 4. The van der Waals surface area contributed by atoms with Crippen LogP contribution in [0.5, 0.6) is 0 Å². The van der Waals surface area contributed by atoms with Gasteiger partial charge in [0.1, 0.15) is 5.76 Å². The van der Waals surface area contributed by atoms with Crippen LogP contribution in [0.15, 0.2) is 42.5 Å². The lowest BCUT2D eigenvalue weighted by Crippen LogP contribution is -2.17. The van der Waals surface area contributed by atoms with Gasteiger partial charge in [-0.05, 0) is 30.9 Å². The minimum absolute atomic E-state index is 0.193. The van der Waals surface area contributed by atoms with E-state index in [4.69, 9.17) is 21.0 Å². The number of aromatic amines is 1. The number of hydrogen-bond donors (Lipinski definition) is 4. The molecular weight excluding hydrogens is 370 g/mol. The number of carbonyl (C=O) groups excluding carboxylic acids is 1. The fourth-order valence-corrected chi connectivity index (χ4v) is 3.51. The number of H-pyrrole nitrogens is 1. The molecule has 7 nitrogen and oxygen atoms in total. The number of nitrogens with one attached hydrogen (secondary N) is 2. The highest BCUT2D eigenvalue weighted by molar-refractivity contribution is 6.20. The van der Waals surface area contributed by atoms with Crippen LogP contribution in [0.1, 0.15) is 41.4 Å². The number of benzene rings is 1. The number of amides is 1. The largest absolute Gasteiger partial charge is 0.480 e. The third-order valence-electron chi connectivity index (χ3n) is 4.64. The van der Waals surface area contributed by atoms with Gasteiger partial charge in [0.2, 0.25) is 5.91 Å². The van der Waals surface area contributed by atoms with Crippen molar-refractivity contribution in [3.63, 3.8) is 0 Å². The molecule has 2 aromatic rings. The van der Waals surface area contributed by atoms with Gasteiger partial charge in [0.05, 0.1) is 5.69 Å². The number of carbonyl (C=O) groups is 2. The van der Waals surface area contributed by atoms with Gasteiger partial charge in [-0.15, -0.1) is 0 Å². The average Bonchev–Trinajstić information content (AvgIpc) is 3.04. The summed E-state index contributed by atoms with van der Waals surface area (Å²) < 4.78 is 5.47. The Bertz CT molecular complexity index is 1020. The van der Waals surface area contributed by atoms with Crippen LogP contribution in [0.4, 0.5) is 0 Å². The Hall–Kier alpha value is -3.61. The quantitative estimate of drug-likeness (QED) is 0.406. The van der Waals surface area contributed by atoms with E-state index in [9.17, 15) is 9.59 Å². The van der Waals surface area contributed by atoms with E-state index < -0.39 is 18.5 Å². The first-order chi connectivity index (χ1) is 13.9. The SMILES string of the molecule is CC(=N)/C=C(/OCC(=O)O)c1[nH]c(Cc2ccccc2)c2c1C(C(N)=O)=CCC2. The lowest BCUT2D eigenvalue weighted by atomic mass is 9.89. The maximum absolute atomic E-state index is 12.1. The van der Waals surface area contributed by atoms with Gasteiger partial charge in [-0.3, -0.25) is 4.79 Å². The van der Waals surface area contributed by atoms with E-state index in [0.717, 1.165) is 23.2 Å². The van der Waals surface area contributed by atoms with E-state index in [1.54, 1.807) is 13.0 Å². The monoisotopic (exact) mass is 393 g/mol. The normalized spacial score (nSPS) is 13.4. The molecule has 5 N–H and O–H groups in total. The van der Waals surface area contributed by atoms with Crippen LogP contribution in [0.2, 0.25) is 0 Å². The molecule has 1 aliphatic rings. The molecule has 0 aliphatic heterocycles. The van der Waals surface area contributed by atoms with Crippen LogP contribution in [0, 0.1) is 5.41 Å². The van der Waals surface area contributed by atoms with Crippen LogP contribution >= 0.6 is 0 Å². The lowest BCUT2D eigenvalue weighted by Gasteiger charge is -2.16. The van der Waals surface area contributed by atoms with Crippen molar-refractivity contribution in [2.45, 2.75) is 26.2 Å². The number of primary amides is 1. The maximum atomic E-state index is 12.1. The molecule has 150 valence electrons. The van der Waals surface area contributed by atoms with Gasteiger partial charge in [0, 0.05) is 35.0 Å². The first kappa shape index (κ1) is 20.1. The fourth-order valence-electron chi connectivity index (χ4n) is 3.51. The van der Waals surface area contributed by atoms with Gasteiger partial charge in [0.25, 0.3) is 0 Å². The minimum Gasteiger partial charge on any atom is -0.480 e. The minimum atomic E-state index is -1.13. The fraction of sp³-hybridized carbons (Fsp3) is 0.227. The Morgan fingerprint density at radius 2 is 2.03 bits per heavy atom. The van der Waals surface area contributed by atoms with Crippen molar-refractivity contribution < 1.29 is 19.4 Å². The number of carboxylic acids is 1. The van der Waals surface area contributed by atoms with Crippen molar-refractivity contribution in [1.29, 1.82) is 5.41 Å². The van der Waals surface area contributed by atoms with Gasteiger partial charge in [-0.2, -0.15) is 0 Å². The Balaban J connectivity index is 2.14. The standard InChI is InChI=1S/C22H23N3O4/c1-13(23)10-18(29-12-19(26)27)21-20-15(8-5-9-16(20)22(24)28)17(25-21)11-14-6-3-2-4-7-14/h2-4,6-7,9-10,23,25H,5,8,11-12H2,1H3,(H2,24,28)(H,26,27)/b18-10+,23-13?. The second kappa shape index (κ2) is 8.60. The van der Waals surface area contributed by atoms with Crippen LogP contribution in [-0.4, -0.2) is 34.3 Å². The molecule has 0 bridgehead atoms. The molecule has 1 heterocycles. The van der Waals surface area contributed by atoms with E-state index in [1.165, 1.54) is 6.08 Å². The van der Waals surface area contributed by atoms with Crippen molar-refractivity contribution in [2.24, 2.45) is 5.73 Å². The predicted molar refractivity (Wildman–Crippen MR) is 110 cm³/mol. The Morgan fingerprint density at radius 1 is 1.31 bits per heavy atom. The van der Waals surface area contributed by atoms with Crippen molar-refractivity contribution in [2.75, 3.05) is 6.61 Å². The number of nitrogens with two attached hydrogens (primary N) is 1. The van der Waals surface area contributed by atoms with Gasteiger partial charge < -0.3 is 26.0 Å². The van der Waals surface area contributed by atoms with Crippen LogP contribution in [0.25, 0.3) is 11.3 Å². The predicted octanol–water partition coefficient (Wildman–Crippen LogP) is 2.90. The van der Waals surface area contributed by atoms with Gasteiger partial charge >= 0.3 is 5.97 Å². The molecule has 7 heteroatoms. The van der Waals surface area contributed by atoms with Gasteiger partial charge in [0.15, 0.2) is 6.61 Å². The molecule has 0 radical (unpaired) electrons. The molecule has 1 aromatic heterocycles. The Kier molecular flexibility index (Phi) is 5.97. The summed E-state index contributed by atoms with van der Waals surface area (Å²) in [4.78, 5) is 26.4. The Morgan fingerprint density at radius 3 is 2.66 bits per heavy atom. The molecule has 0 spiro atoms. The van der Waals surface area contributed by atoms with E-state index in [1.807, 2.05) is 30.3 Å². The second-order valence-electron chi connectivity index (χ2n) is 6.89. The van der Waals surface area contributed by atoms with Crippen LogP contribution in [0.3, 0.4) is 0 Å². The summed E-state index contributed by atoms with van der Waals surface area (Å²) in [5.74, 6) is -1.49. The van der Waals surface area contributed by atoms with E-state index >= 15 is 0 Å². The topological polar surface area (TPSA) is 129 Å². The number of aromatic nitrogens is 1. The second-order valence-corrected chi connectivity index (χ2v) is 6.89. The number of allylic oxidation sites excluding steroid dienone is 2. The highest BCUT2D eigenvalue weighted by Crippen LogP contribution is 2.36. The maximum Gasteiger partial charge on any atom is 0.341 e. The summed E-state index contributed by atoms with van der Waals surface area (Å²) in [6.07, 6.45) is 5.25. The molecule has 0 atom stereocenters. The summed E-state index contributed by atoms with van der Waals surface area (Å²) in [6, 6.07) is 9.89. The van der Waals surface area contributed by atoms with Crippen molar-refractivity contribution >= 4 is 28.9 Å².